The van der Waals surface area contributed by atoms with Crippen molar-refractivity contribution >= 4 is 17.4 Å². The fourth-order valence-electron chi connectivity index (χ4n) is 1.99. The second kappa shape index (κ2) is 7.28. The number of phenols is 1. The van der Waals surface area contributed by atoms with Gasteiger partial charge < -0.3 is 10.4 Å². The summed E-state index contributed by atoms with van der Waals surface area (Å²) < 4.78 is 0. The first-order valence-corrected chi connectivity index (χ1v) is 7.14. The molecule has 0 aliphatic heterocycles. The molecular formula is C18H17NO3. The average molecular weight is 295 g/mol. The van der Waals surface area contributed by atoms with E-state index in [2.05, 4.69) is 17.2 Å². The molecule has 0 bridgehead atoms. The molecule has 4 heteroatoms. The van der Waals surface area contributed by atoms with Gasteiger partial charge in [-0.05, 0) is 30.5 Å². The molecule has 1 aromatic carbocycles. The van der Waals surface area contributed by atoms with E-state index in [9.17, 15) is 14.7 Å². The first-order valence-electron chi connectivity index (χ1n) is 7.14. The normalized spacial score (nSPS) is 12.8. The number of benzene rings is 1. The molecule has 0 saturated heterocycles. The zero-order valence-corrected chi connectivity index (χ0v) is 12.3. The van der Waals surface area contributed by atoms with E-state index in [4.69, 9.17) is 0 Å². The molecule has 1 amide bonds. The summed E-state index contributed by atoms with van der Waals surface area (Å²) in [6.45, 7) is 1.91. The van der Waals surface area contributed by atoms with Crippen LogP contribution in [0.15, 0.2) is 42.5 Å². The van der Waals surface area contributed by atoms with Crippen LogP contribution in [0.2, 0.25) is 0 Å². The number of rotatable bonds is 4. The molecule has 22 heavy (non-hydrogen) atoms. The van der Waals surface area contributed by atoms with Gasteiger partial charge >= 0.3 is 0 Å². The van der Waals surface area contributed by atoms with Gasteiger partial charge in [0, 0.05) is 12.1 Å². The highest BCUT2D eigenvalue weighted by molar-refractivity contribution is 6.11. The lowest BCUT2D eigenvalue weighted by Crippen LogP contribution is -2.11. The number of hydrogen-bond donors (Lipinski definition) is 2. The van der Waals surface area contributed by atoms with Crippen LogP contribution in [0.5, 0.6) is 5.75 Å². The van der Waals surface area contributed by atoms with Gasteiger partial charge in [0.2, 0.25) is 11.7 Å². The molecule has 112 valence electrons. The molecule has 2 N–H and O–H groups in total. The lowest BCUT2D eigenvalue weighted by molar-refractivity contribution is -0.116. The summed E-state index contributed by atoms with van der Waals surface area (Å²) in [5.41, 5.74) is 0.565. The van der Waals surface area contributed by atoms with E-state index >= 15 is 0 Å². The Bertz CT molecular complexity index is 693. The van der Waals surface area contributed by atoms with Crippen molar-refractivity contribution in [2.45, 2.75) is 19.8 Å². The minimum atomic E-state index is -0.474. The summed E-state index contributed by atoms with van der Waals surface area (Å²) in [6, 6.07) is 4.38. The molecule has 0 radical (unpaired) electrons. The fraction of sp³-hybridized carbons (Fsp3) is 0.222. The second-order valence-corrected chi connectivity index (χ2v) is 4.92. The van der Waals surface area contributed by atoms with Gasteiger partial charge in [0.05, 0.1) is 11.5 Å². The third-order valence-electron chi connectivity index (χ3n) is 3.10. The Labute approximate surface area is 129 Å². The van der Waals surface area contributed by atoms with Gasteiger partial charge in [-0.25, -0.2) is 0 Å². The minimum Gasteiger partial charge on any atom is -0.507 e. The number of nitrogens with one attached hydrogen (secondary N) is 1. The van der Waals surface area contributed by atoms with Crippen molar-refractivity contribution in [3.8, 4) is 17.6 Å². The van der Waals surface area contributed by atoms with Crippen molar-refractivity contribution in [3.05, 3.63) is 48.1 Å². The maximum absolute atomic E-state index is 12.1. The zero-order valence-electron chi connectivity index (χ0n) is 12.3. The van der Waals surface area contributed by atoms with Crippen LogP contribution in [-0.2, 0) is 4.79 Å². The lowest BCUT2D eigenvalue weighted by atomic mass is 10.1. The summed E-state index contributed by atoms with van der Waals surface area (Å²) in [5, 5.41) is 12.5. The summed E-state index contributed by atoms with van der Waals surface area (Å²) in [4.78, 5) is 23.7. The van der Waals surface area contributed by atoms with Gasteiger partial charge in [-0.3, -0.25) is 9.59 Å². The van der Waals surface area contributed by atoms with Crippen molar-refractivity contribution in [1.29, 1.82) is 0 Å². The molecule has 1 aromatic rings. The van der Waals surface area contributed by atoms with E-state index in [1.165, 1.54) is 12.1 Å². The molecule has 2 rings (SSSR count). The van der Waals surface area contributed by atoms with Gasteiger partial charge in [-0.1, -0.05) is 37.1 Å². The molecule has 4 nitrogen and oxygen atoms in total. The maximum atomic E-state index is 12.1. The smallest absolute Gasteiger partial charge is 0.239 e. The third-order valence-corrected chi connectivity index (χ3v) is 3.10. The van der Waals surface area contributed by atoms with Gasteiger partial charge in [0.15, 0.2) is 0 Å². The van der Waals surface area contributed by atoms with Crippen LogP contribution in [-0.4, -0.2) is 16.8 Å². The molecule has 1 aliphatic carbocycles. The number of carbonyl (C=O) groups is 2. The SMILES string of the molecule is CCCC(=O)Nc1ccc(O)c(C(=O)C#CC2C=CC=C2)c1. The number of allylic oxidation sites excluding steroid dienone is 4. The summed E-state index contributed by atoms with van der Waals surface area (Å²) >= 11 is 0. The number of aromatic hydroxyl groups is 1. The van der Waals surface area contributed by atoms with E-state index in [1.54, 1.807) is 6.07 Å². The summed E-state index contributed by atoms with van der Waals surface area (Å²) in [5.74, 6) is 4.52. The quantitative estimate of drug-likeness (QED) is 0.388. The Kier molecular flexibility index (Phi) is 5.16. The van der Waals surface area contributed by atoms with Gasteiger partial charge in [0.1, 0.15) is 5.75 Å². The third kappa shape index (κ3) is 4.10. The van der Waals surface area contributed by atoms with Crippen LogP contribution in [0.25, 0.3) is 0 Å². The molecule has 0 aromatic heterocycles. The largest absolute Gasteiger partial charge is 0.507 e. The van der Waals surface area contributed by atoms with Crippen LogP contribution in [0.3, 0.4) is 0 Å². The van der Waals surface area contributed by atoms with Crippen LogP contribution in [0.1, 0.15) is 30.1 Å². The van der Waals surface area contributed by atoms with Crippen molar-refractivity contribution in [2.75, 3.05) is 5.32 Å². The second-order valence-electron chi connectivity index (χ2n) is 4.92. The zero-order chi connectivity index (χ0) is 15.9. The highest BCUT2D eigenvalue weighted by Gasteiger charge is 2.11. The molecule has 0 heterocycles. The monoisotopic (exact) mass is 295 g/mol. The Balaban J connectivity index is 2.15. The first-order chi connectivity index (χ1) is 10.6. The topological polar surface area (TPSA) is 66.4 Å². The number of anilines is 1. The fourth-order valence-corrected chi connectivity index (χ4v) is 1.99. The molecule has 0 unspecified atom stereocenters. The van der Waals surface area contributed by atoms with Crippen molar-refractivity contribution in [3.63, 3.8) is 0 Å². The standard InChI is InChI=1S/C18H17NO3/c1-2-5-18(22)19-14-9-11-17(21)15(12-14)16(20)10-8-13-6-3-4-7-13/h3-4,6-7,9,11-13,21H,2,5H2,1H3,(H,19,22). The van der Waals surface area contributed by atoms with E-state index in [1.807, 2.05) is 31.2 Å². The molecule has 0 saturated carbocycles. The van der Waals surface area contributed by atoms with Crippen LogP contribution < -0.4 is 5.32 Å². The van der Waals surface area contributed by atoms with E-state index in [0.717, 1.165) is 6.42 Å². The number of phenolic OH excluding ortho intramolecular Hbond substituents is 1. The number of amides is 1. The Morgan fingerprint density at radius 1 is 1.27 bits per heavy atom. The Morgan fingerprint density at radius 3 is 2.68 bits per heavy atom. The minimum absolute atomic E-state index is 0.0708. The lowest BCUT2D eigenvalue weighted by Gasteiger charge is -2.06. The van der Waals surface area contributed by atoms with Gasteiger partial charge in [0.25, 0.3) is 0 Å². The number of hydrogen-bond acceptors (Lipinski definition) is 3. The molecule has 0 fully saturated rings. The van der Waals surface area contributed by atoms with E-state index < -0.39 is 5.78 Å². The molecule has 1 aliphatic rings. The highest BCUT2D eigenvalue weighted by Crippen LogP contribution is 2.22. The highest BCUT2D eigenvalue weighted by atomic mass is 16.3. The predicted octanol–water partition coefficient (Wildman–Crippen LogP) is 3.06. The Hall–Kier alpha value is -2.80. The number of ketones is 1. The molecule has 0 spiro atoms. The number of Topliss-reactive ketones (excluding diaryl/α,β-unsaturated/α-hetero) is 1. The first kappa shape index (κ1) is 15.6. The van der Waals surface area contributed by atoms with Gasteiger partial charge in [-0.2, -0.15) is 0 Å². The van der Waals surface area contributed by atoms with E-state index in [-0.39, 0.29) is 23.1 Å². The maximum Gasteiger partial charge on any atom is 0.239 e. The van der Waals surface area contributed by atoms with Crippen LogP contribution >= 0.6 is 0 Å². The predicted molar refractivity (Wildman–Crippen MR) is 85.5 cm³/mol. The van der Waals surface area contributed by atoms with Crippen molar-refractivity contribution < 1.29 is 14.7 Å². The number of carbonyl (C=O) groups excluding carboxylic acids is 2. The summed E-state index contributed by atoms with van der Waals surface area (Å²) in [6.07, 6.45) is 8.63. The van der Waals surface area contributed by atoms with Crippen LogP contribution in [0, 0.1) is 17.8 Å². The Morgan fingerprint density at radius 2 is 2.00 bits per heavy atom. The van der Waals surface area contributed by atoms with Crippen molar-refractivity contribution in [1.82, 2.24) is 0 Å². The molecule has 0 atom stereocenters. The van der Waals surface area contributed by atoms with Crippen LogP contribution in [0.4, 0.5) is 5.69 Å². The van der Waals surface area contributed by atoms with Gasteiger partial charge in [-0.15, -0.1) is 0 Å². The molecular weight excluding hydrogens is 278 g/mol. The van der Waals surface area contributed by atoms with E-state index in [0.29, 0.717) is 12.1 Å². The summed E-state index contributed by atoms with van der Waals surface area (Å²) in [7, 11) is 0. The average Bonchev–Trinajstić information content (AvgIpc) is 3.00. The van der Waals surface area contributed by atoms with Crippen molar-refractivity contribution in [2.24, 2.45) is 5.92 Å².